The van der Waals surface area contributed by atoms with E-state index in [0.717, 1.165) is 64.7 Å². The topological polar surface area (TPSA) is 46.3 Å². The Morgan fingerprint density at radius 3 is 2.65 bits per heavy atom. The Hall–Kier alpha value is -3.66. The third kappa shape index (κ3) is 4.81. The maximum Gasteiger partial charge on any atom is 0.230 e. The molecule has 1 aromatic heterocycles. The van der Waals surface area contributed by atoms with Crippen LogP contribution >= 0.6 is 0 Å². The monoisotopic (exact) mass is 451 g/mol. The molecule has 34 heavy (non-hydrogen) atoms. The van der Waals surface area contributed by atoms with Crippen molar-refractivity contribution < 1.29 is 10.6 Å². The van der Waals surface area contributed by atoms with Crippen LogP contribution in [0.2, 0.25) is 0 Å². The molecule has 1 fully saturated rings. The third-order valence-electron chi connectivity index (χ3n) is 6.55. The van der Waals surface area contributed by atoms with Crippen molar-refractivity contribution >= 4 is 28.8 Å². The molecule has 0 N–H and O–H groups in total. The summed E-state index contributed by atoms with van der Waals surface area (Å²) in [5.74, 6) is 0.0389. The number of carbonyl (C=O) groups is 1. The van der Waals surface area contributed by atoms with E-state index in [2.05, 4.69) is 4.98 Å². The van der Waals surface area contributed by atoms with Crippen LogP contribution in [-0.2, 0) is 11.3 Å². The van der Waals surface area contributed by atoms with Crippen molar-refractivity contribution in [1.29, 1.82) is 0 Å². The first kappa shape index (κ1) is 20.9. The number of rotatable bonds is 6. The number of hydrogen-bond acceptors (Lipinski definition) is 3. The van der Waals surface area contributed by atoms with Crippen LogP contribution in [0.1, 0.15) is 51.5 Å². The number of anilines is 1. The van der Waals surface area contributed by atoms with Crippen LogP contribution in [0.25, 0.3) is 28.3 Å². The summed E-state index contributed by atoms with van der Waals surface area (Å²) in [4.78, 5) is 19.6. The second-order valence-electron chi connectivity index (χ2n) is 8.92. The summed E-state index contributed by atoms with van der Waals surface area (Å²) in [7, 11) is 0. The van der Waals surface area contributed by atoms with Crippen molar-refractivity contribution in [2.24, 2.45) is 5.92 Å². The Bertz CT molecular complexity index is 1340. The SMILES string of the molecule is [2H]C(c1ccc(-c2ccc3ncoc3c2)cc1)N(C(=O)C1CCCCC1)c1cccc(/C=C/C)c1. The van der Waals surface area contributed by atoms with Gasteiger partial charge in [0, 0.05) is 11.6 Å². The van der Waals surface area contributed by atoms with Gasteiger partial charge in [-0.2, -0.15) is 0 Å². The highest BCUT2D eigenvalue weighted by Crippen LogP contribution is 2.30. The predicted octanol–water partition coefficient (Wildman–Crippen LogP) is 7.64. The van der Waals surface area contributed by atoms with Gasteiger partial charge in [0.2, 0.25) is 5.91 Å². The molecule has 1 unspecified atom stereocenters. The molecule has 0 spiro atoms. The number of carbonyl (C=O) groups excluding carboxylic acids is 1. The quantitative estimate of drug-likeness (QED) is 0.302. The summed E-state index contributed by atoms with van der Waals surface area (Å²) < 4.78 is 14.6. The average Bonchev–Trinajstić information content (AvgIpc) is 3.38. The summed E-state index contributed by atoms with van der Waals surface area (Å²) in [5.41, 5.74) is 6.21. The average molecular weight is 452 g/mol. The van der Waals surface area contributed by atoms with E-state index in [4.69, 9.17) is 5.79 Å². The summed E-state index contributed by atoms with van der Waals surface area (Å²) in [6.45, 7) is 1.16. The summed E-state index contributed by atoms with van der Waals surface area (Å²) in [6, 6.07) is 21.8. The van der Waals surface area contributed by atoms with Gasteiger partial charge < -0.3 is 9.32 Å². The number of aromatic nitrogens is 1. The van der Waals surface area contributed by atoms with Gasteiger partial charge in [-0.1, -0.05) is 73.9 Å². The lowest BCUT2D eigenvalue weighted by Crippen LogP contribution is -2.36. The lowest BCUT2D eigenvalue weighted by molar-refractivity contribution is -0.123. The molecular weight excluding hydrogens is 420 g/mol. The predicted molar refractivity (Wildman–Crippen MR) is 138 cm³/mol. The molecule has 0 radical (unpaired) electrons. The normalized spacial score (nSPS) is 16.0. The van der Waals surface area contributed by atoms with E-state index in [1.54, 1.807) is 4.90 Å². The van der Waals surface area contributed by atoms with Gasteiger partial charge in [0.1, 0.15) is 5.52 Å². The lowest BCUT2D eigenvalue weighted by Gasteiger charge is -2.30. The zero-order chi connectivity index (χ0) is 24.2. The fourth-order valence-electron chi connectivity index (χ4n) is 4.73. The Morgan fingerprint density at radius 1 is 1.06 bits per heavy atom. The second-order valence-corrected chi connectivity index (χ2v) is 8.92. The lowest BCUT2D eigenvalue weighted by atomic mass is 9.88. The van der Waals surface area contributed by atoms with E-state index in [9.17, 15) is 4.79 Å². The van der Waals surface area contributed by atoms with E-state index in [-0.39, 0.29) is 11.8 Å². The molecule has 4 aromatic rings. The zero-order valence-electron chi connectivity index (χ0n) is 20.5. The number of oxazole rings is 1. The number of fused-ring (bicyclic) bond motifs is 1. The van der Waals surface area contributed by atoms with E-state index in [1.807, 2.05) is 85.8 Å². The fraction of sp³-hybridized carbons (Fsp3) is 0.267. The van der Waals surface area contributed by atoms with E-state index < -0.39 is 6.52 Å². The standard InChI is InChI=1S/C30H30N2O2/c1-2-7-22-8-6-11-27(18-22)32(30(33)25-9-4-3-5-10-25)20-23-12-14-24(15-13-23)26-16-17-28-29(19-26)34-21-31-28/h2,6-8,11-19,21,25H,3-5,9-10,20H2,1H3/b7-2+/i20D. The maximum absolute atomic E-state index is 13.7. The van der Waals surface area contributed by atoms with E-state index in [1.165, 1.54) is 12.8 Å². The van der Waals surface area contributed by atoms with Crippen LogP contribution < -0.4 is 4.90 Å². The van der Waals surface area contributed by atoms with Crippen LogP contribution in [0.15, 0.2) is 83.6 Å². The van der Waals surface area contributed by atoms with Gasteiger partial charge >= 0.3 is 0 Å². The Morgan fingerprint density at radius 2 is 1.85 bits per heavy atom. The number of amides is 1. The van der Waals surface area contributed by atoms with Gasteiger partial charge in [-0.3, -0.25) is 4.79 Å². The van der Waals surface area contributed by atoms with Crippen molar-refractivity contribution in [3.63, 3.8) is 0 Å². The van der Waals surface area contributed by atoms with Crippen molar-refractivity contribution in [3.8, 4) is 11.1 Å². The molecule has 3 aromatic carbocycles. The first-order valence-electron chi connectivity index (χ1n) is 12.6. The molecule has 0 aliphatic heterocycles. The largest absolute Gasteiger partial charge is 0.443 e. The molecule has 1 aliphatic carbocycles. The third-order valence-corrected chi connectivity index (χ3v) is 6.55. The first-order chi connectivity index (χ1) is 17.1. The van der Waals surface area contributed by atoms with Gasteiger partial charge in [0.05, 0.1) is 7.89 Å². The minimum absolute atomic E-state index is 0.0186. The van der Waals surface area contributed by atoms with Crippen LogP contribution in [0, 0.1) is 5.92 Å². The second kappa shape index (κ2) is 10.1. The Labute approximate surface area is 202 Å². The molecule has 1 aliphatic rings. The van der Waals surface area contributed by atoms with E-state index in [0.29, 0.717) is 0 Å². The van der Waals surface area contributed by atoms with Gasteiger partial charge in [-0.15, -0.1) is 0 Å². The number of allylic oxidation sites excluding steroid dienone is 1. The molecular formula is C30H30N2O2. The van der Waals surface area contributed by atoms with E-state index >= 15 is 0 Å². The van der Waals surface area contributed by atoms with Crippen LogP contribution in [0.4, 0.5) is 5.69 Å². The van der Waals surface area contributed by atoms with Crippen LogP contribution in [0.3, 0.4) is 0 Å². The van der Waals surface area contributed by atoms with Crippen molar-refractivity contribution in [2.45, 2.75) is 45.5 Å². The minimum atomic E-state index is -0.823. The summed E-state index contributed by atoms with van der Waals surface area (Å²) in [6.07, 6.45) is 10.6. The Balaban J connectivity index is 1.46. The maximum atomic E-state index is 13.7. The van der Waals surface area contributed by atoms with Gasteiger partial charge in [-0.05, 0) is 66.3 Å². The highest BCUT2D eigenvalue weighted by Gasteiger charge is 2.27. The fourth-order valence-corrected chi connectivity index (χ4v) is 4.73. The molecule has 0 saturated heterocycles. The molecule has 4 heteroatoms. The molecule has 1 saturated carbocycles. The zero-order valence-corrected chi connectivity index (χ0v) is 19.5. The molecule has 1 amide bonds. The molecule has 4 nitrogen and oxygen atoms in total. The molecule has 5 rings (SSSR count). The molecule has 1 heterocycles. The van der Waals surface area contributed by atoms with Gasteiger partial charge in [0.15, 0.2) is 12.0 Å². The highest BCUT2D eigenvalue weighted by atomic mass is 16.3. The van der Waals surface area contributed by atoms with Crippen molar-refractivity contribution in [3.05, 3.63) is 90.3 Å². The number of hydrogen-bond donors (Lipinski definition) is 0. The van der Waals surface area contributed by atoms with Crippen molar-refractivity contribution in [2.75, 3.05) is 4.90 Å². The highest BCUT2D eigenvalue weighted by molar-refractivity contribution is 5.95. The number of nitrogens with zero attached hydrogens (tertiary/aromatic N) is 2. The summed E-state index contributed by atoms with van der Waals surface area (Å²) >= 11 is 0. The van der Waals surface area contributed by atoms with Crippen LogP contribution in [-0.4, -0.2) is 10.9 Å². The molecule has 1 atom stereocenters. The summed E-state index contributed by atoms with van der Waals surface area (Å²) in [5, 5.41) is 0. The van der Waals surface area contributed by atoms with Crippen LogP contribution in [0.5, 0.6) is 0 Å². The first-order valence-corrected chi connectivity index (χ1v) is 12.1. The minimum Gasteiger partial charge on any atom is -0.443 e. The Kier molecular flexibility index (Phi) is 6.20. The molecule has 0 bridgehead atoms. The van der Waals surface area contributed by atoms with Gasteiger partial charge in [-0.25, -0.2) is 4.98 Å². The van der Waals surface area contributed by atoms with Gasteiger partial charge in [0.25, 0.3) is 0 Å². The van der Waals surface area contributed by atoms with Crippen molar-refractivity contribution in [1.82, 2.24) is 4.98 Å². The molecule has 172 valence electrons. The number of benzene rings is 3. The smallest absolute Gasteiger partial charge is 0.230 e.